The van der Waals surface area contributed by atoms with E-state index in [0.29, 0.717) is 18.1 Å². The van der Waals surface area contributed by atoms with Crippen LogP contribution in [0.25, 0.3) is 0 Å². The highest BCUT2D eigenvalue weighted by Crippen LogP contribution is 2.36. The Hall–Kier alpha value is -3.07. The fraction of sp³-hybridized carbons (Fsp3) is 0.118. The molecule has 10 heteroatoms. The molecule has 140 valence electrons. The van der Waals surface area contributed by atoms with Crippen LogP contribution >= 0.6 is 11.6 Å². The Labute approximate surface area is 156 Å². The number of anilines is 2. The molecule has 6 nitrogen and oxygen atoms in total. The maximum atomic E-state index is 12.9. The molecule has 0 aliphatic rings. The van der Waals surface area contributed by atoms with Crippen molar-refractivity contribution in [3.63, 3.8) is 0 Å². The lowest BCUT2D eigenvalue weighted by Gasteiger charge is -2.11. The van der Waals surface area contributed by atoms with Crippen LogP contribution in [-0.2, 0) is 12.7 Å². The van der Waals surface area contributed by atoms with Crippen molar-refractivity contribution in [1.29, 1.82) is 0 Å². The summed E-state index contributed by atoms with van der Waals surface area (Å²) in [4.78, 5) is 12.2. The van der Waals surface area contributed by atoms with Crippen LogP contribution in [-0.4, -0.2) is 16.1 Å². The fourth-order valence-electron chi connectivity index (χ4n) is 2.15. The first kappa shape index (κ1) is 18.7. The average molecular weight is 397 g/mol. The standard InChI is InChI=1S/C17H12ClF3N4O2/c18-13-4-3-10(8-12(13)17(19,20)21)23-16(26)14-5-6-15(25-24-14)22-9-11-2-1-7-27-11/h1-8H,9H2,(H,22,25)(H,23,26). The fourth-order valence-corrected chi connectivity index (χ4v) is 2.38. The second-order valence-corrected chi connectivity index (χ2v) is 5.79. The zero-order valence-electron chi connectivity index (χ0n) is 13.5. The Morgan fingerprint density at radius 2 is 1.96 bits per heavy atom. The first-order chi connectivity index (χ1) is 12.8. The third-order valence-electron chi connectivity index (χ3n) is 3.45. The van der Waals surface area contributed by atoms with E-state index in [4.69, 9.17) is 16.0 Å². The number of nitrogens with zero attached hydrogens (tertiary/aromatic N) is 2. The van der Waals surface area contributed by atoms with E-state index in [9.17, 15) is 18.0 Å². The van der Waals surface area contributed by atoms with E-state index in [1.807, 2.05) is 0 Å². The summed E-state index contributed by atoms with van der Waals surface area (Å²) < 4.78 is 43.8. The molecule has 1 amide bonds. The van der Waals surface area contributed by atoms with Crippen molar-refractivity contribution in [2.75, 3.05) is 10.6 Å². The van der Waals surface area contributed by atoms with Crippen LogP contribution < -0.4 is 10.6 Å². The number of benzene rings is 1. The van der Waals surface area contributed by atoms with E-state index in [1.54, 1.807) is 12.1 Å². The second-order valence-electron chi connectivity index (χ2n) is 5.38. The topological polar surface area (TPSA) is 80.0 Å². The average Bonchev–Trinajstić information content (AvgIpc) is 3.14. The highest BCUT2D eigenvalue weighted by molar-refractivity contribution is 6.31. The smallest absolute Gasteiger partial charge is 0.417 e. The predicted octanol–water partition coefficient (Wildman–Crippen LogP) is 4.61. The highest BCUT2D eigenvalue weighted by atomic mass is 35.5. The molecule has 3 aromatic rings. The van der Waals surface area contributed by atoms with Crippen molar-refractivity contribution < 1.29 is 22.4 Å². The maximum Gasteiger partial charge on any atom is 0.417 e. The Balaban J connectivity index is 1.66. The van der Waals surface area contributed by atoms with Crippen molar-refractivity contribution in [2.45, 2.75) is 12.7 Å². The van der Waals surface area contributed by atoms with E-state index < -0.39 is 22.7 Å². The van der Waals surface area contributed by atoms with Gasteiger partial charge in [0.15, 0.2) is 5.69 Å². The largest absolute Gasteiger partial charge is 0.467 e. The van der Waals surface area contributed by atoms with Gasteiger partial charge >= 0.3 is 6.18 Å². The van der Waals surface area contributed by atoms with Gasteiger partial charge in [-0.3, -0.25) is 4.79 Å². The molecule has 0 unspecified atom stereocenters. The highest BCUT2D eigenvalue weighted by Gasteiger charge is 2.33. The van der Waals surface area contributed by atoms with Crippen LogP contribution in [0.5, 0.6) is 0 Å². The number of amides is 1. The summed E-state index contributed by atoms with van der Waals surface area (Å²) in [6, 6.07) is 9.53. The molecule has 0 spiro atoms. The van der Waals surface area contributed by atoms with Gasteiger partial charge in [-0.15, -0.1) is 10.2 Å². The first-order valence-electron chi connectivity index (χ1n) is 7.61. The third-order valence-corrected chi connectivity index (χ3v) is 3.78. The van der Waals surface area contributed by atoms with Crippen LogP contribution in [0, 0.1) is 0 Å². The summed E-state index contributed by atoms with van der Waals surface area (Å²) in [6.07, 6.45) is -3.09. The molecule has 0 radical (unpaired) electrons. The Morgan fingerprint density at radius 3 is 2.59 bits per heavy atom. The lowest BCUT2D eigenvalue weighted by Crippen LogP contribution is -2.16. The predicted molar refractivity (Wildman–Crippen MR) is 92.5 cm³/mol. The van der Waals surface area contributed by atoms with Crippen LogP contribution in [0.1, 0.15) is 21.8 Å². The second kappa shape index (κ2) is 7.67. The van der Waals surface area contributed by atoms with Gasteiger partial charge in [-0.1, -0.05) is 11.6 Å². The molecule has 1 aromatic carbocycles. The van der Waals surface area contributed by atoms with Gasteiger partial charge < -0.3 is 15.1 Å². The molecule has 2 N–H and O–H groups in total. The van der Waals surface area contributed by atoms with E-state index in [-0.39, 0.29) is 11.4 Å². The van der Waals surface area contributed by atoms with Crippen LogP contribution in [0.2, 0.25) is 5.02 Å². The molecule has 0 bridgehead atoms. The van der Waals surface area contributed by atoms with Gasteiger partial charge in [0, 0.05) is 5.69 Å². The Morgan fingerprint density at radius 1 is 1.15 bits per heavy atom. The van der Waals surface area contributed by atoms with Crippen LogP contribution in [0.15, 0.2) is 53.1 Å². The van der Waals surface area contributed by atoms with Crippen molar-refractivity contribution in [1.82, 2.24) is 10.2 Å². The van der Waals surface area contributed by atoms with Crippen molar-refractivity contribution in [3.8, 4) is 0 Å². The summed E-state index contributed by atoms with van der Waals surface area (Å²) >= 11 is 5.55. The third kappa shape index (κ3) is 4.76. The lowest BCUT2D eigenvalue weighted by molar-refractivity contribution is -0.137. The molecule has 0 aliphatic carbocycles. The van der Waals surface area contributed by atoms with E-state index in [2.05, 4.69) is 20.8 Å². The molecular formula is C17H12ClF3N4O2. The number of rotatable bonds is 5. The number of carbonyl (C=O) groups excluding carboxylic acids is 1. The lowest BCUT2D eigenvalue weighted by atomic mass is 10.2. The van der Waals surface area contributed by atoms with Gasteiger partial charge in [-0.25, -0.2) is 0 Å². The number of furan rings is 1. The number of carbonyl (C=O) groups is 1. The van der Waals surface area contributed by atoms with Gasteiger partial charge in [0.2, 0.25) is 0 Å². The summed E-state index contributed by atoms with van der Waals surface area (Å²) in [5.41, 5.74) is -1.15. The monoisotopic (exact) mass is 396 g/mol. The summed E-state index contributed by atoms with van der Waals surface area (Å²) in [6.45, 7) is 0.387. The number of hydrogen-bond acceptors (Lipinski definition) is 5. The SMILES string of the molecule is O=C(Nc1ccc(Cl)c(C(F)(F)F)c1)c1ccc(NCc2ccco2)nn1. The molecular weight excluding hydrogens is 385 g/mol. The molecule has 0 fully saturated rings. The number of aromatic nitrogens is 2. The minimum absolute atomic E-state index is 0.0537. The molecule has 27 heavy (non-hydrogen) atoms. The first-order valence-corrected chi connectivity index (χ1v) is 7.99. The molecule has 2 aromatic heterocycles. The van der Waals surface area contributed by atoms with Gasteiger partial charge in [0.05, 0.1) is 23.4 Å². The molecule has 2 heterocycles. The van der Waals surface area contributed by atoms with Crippen LogP contribution in [0.3, 0.4) is 0 Å². The maximum absolute atomic E-state index is 12.9. The minimum atomic E-state index is -4.63. The van der Waals surface area contributed by atoms with E-state index in [0.717, 1.165) is 12.1 Å². The molecule has 3 rings (SSSR count). The number of hydrogen-bond donors (Lipinski definition) is 2. The summed E-state index contributed by atoms with van der Waals surface area (Å²) in [5, 5.41) is 12.4. The quantitative estimate of drug-likeness (QED) is 0.658. The van der Waals surface area contributed by atoms with Gasteiger partial charge in [-0.05, 0) is 42.5 Å². The zero-order chi connectivity index (χ0) is 19.4. The minimum Gasteiger partial charge on any atom is -0.467 e. The normalized spacial score (nSPS) is 11.3. The summed E-state index contributed by atoms with van der Waals surface area (Å²) in [5.74, 6) is 0.408. The van der Waals surface area contributed by atoms with Crippen molar-refractivity contribution in [2.24, 2.45) is 0 Å². The molecule has 0 saturated carbocycles. The number of alkyl halides is 3. The van der Waals surface area contributed by atoms with Gasteiger partial charge in [-0.2, -0.15) is 13.2 Å². The number of halogens is 4. The van der Waals surface area contributed by atoms with Gasteiger partial charge in [0.25, 0.3) is 5.91 Å². The zero-order valence-corrected chi connectivity index (χ0v) is 14.3. The van der Waals surface area contributed by atoms with Crippen molar-refractivity contribution in [3.05, 3.63) is 70.8 Å². The van der Waals surface area contributed by atoms with Gasteiger partial charge in [0.1, 0.15) is 11.6 Å². The Kier molecular flexibility index (Phi) is 5.31. The van der Waals surface area contributed by atoms with E-state index in [1.165, 1.54) is 24.5 Å². The van der Waals surface area contributed by atoms with E-state index >= 15 is 0 Å². The Bertz CT molecular complexity index is 928. The van der Waals surface area contributed by atoms with Crippen LogP contribution in [0.4, 0.5) is 24.7 Å². The molecule has 0 atom stereocenters. The number of nitrogens with one attached hydrogen (secondary N) is 2. The van der Waals surface area contributed by atoms with Crippen molar-refractivity contribution >= 4 is 29.0 Å². The molecule has 0 saturated heterocycles. The molecule has 0 aliphatic heterocycles. The summed E-state index contributed by atoms with van der Waals surface area (Å²) in [7, 11) is 0.